The van der Waals surface area contributed by atoms with E-state index < -0.39 is 0 Å². The fourth-order valence-corrected chi connectivity index (χ4v) is 0. The van der Waals surface area contributed by atoms with Gasteiger partial charge in [-0.1, -0.05) is 22.6 Å². The van der Waals surface area contributed by atoms with E-state index in [2.05, 4.69) is 0 Å². The molecule has 0 atom stereocenters. The fraction of sp³-hybridized carbons (Fsp3) is 0. The van der Waals surface area contributed by atoms with Crippen LogP contribution in [0.2, 0.25) is 0 Å². The van der Waals surface area contributed by atoms with Crippen LogP contribution in [0.1, 0.15) is 0 Å². The van der Waals surface area contributed by atoms with Crippen molar-refractivity contribution in [3.8, 4) is 0 Å². The Hall–Kier alpha value is 0.182. The molecule has 0 saturated carbocycles. The third-order valence-electron chi connectivity index (χ3n) is 0. The summed E-state index contributed by atoms with van der Waals surface area (Å²) in [5.74, 6) is 0. The SMILES string of the molecule is ONO.ONO.ONO.ONO.[Pd]. The Labute approximate surface area is 85.4 Å². The Morgan fingerprint density at radius 3 is 0.385 bits per heavy atom. The zero-order valence-corrected chi connectivity index (χ0v) is 7.45. The Morgan fingerprint density at radius 2 is 0.385 bits per heavy atom. The van der Waals surface area contributed by atoms with E-state index in [1.807, 2.05) is 0 Å². The first-order valence-corrected chi connectivity index (χ1v) is 1.79. The molecular formula is H12N4O8Pd. The van der Waals surface area contributed by atoms with Crippen molar-refractivity contribution in [1.82, 2.24) is 22.6 Å². The maximum absolute atomic E-state index is 6.88. The molecule has 90 valence electrons. The third-order valence-corrected chi connectivity index (χ3v) is 0. The molecule has 0 aliphatic heterocycles. The van der Waals surface area contributed by atoms with Crippen molar-refractivity contribution in [2.45, 2.75) is 0 Å². The summed E-state index contributed by atoms with van der Waals surface area (Å²) in [6.07, 6.45) is 0. The second kappa shape index (κ2) is 87.1. The molecule has 0 aromatic carbocycles. The van der Waals surface area contributed by atoms with Gasteiger partial charge in [0.05, 0.1) is 0 Å². The summed E-state index contributed by atoms with van der Waals surface area (Å²) in [5, 5.41) is 55.0. The second-order valence-corrected chi connectivity index (χ2v) is 0.400. The molecule has 0 aliphatic carbocycles. The summed E-state index contributed by atoms with van der Waals surface area (Å²) >= 11 is 0. The van der Waals surface area contributed by atoms with E-state index >= 15 is 0 Å². The van der Waals surface area contributed by atoms with E-state index in [0.717, 1.165) is 22.6 Å². The van der Waals surface area contributed by atoms with Crippen LogP contribution < -0.4 is 22.6 Å². The molecule has 0 aromatic heterocycles. The number of rotatable bonds is 0. The summed E-state index contributed by atoms with van der Waals surface area (Å²) < 4.78 is 0. The minimum absolute atomic E-state index is 0. The Kier molecular flexibility index (Phi) is 196. The van der Waals surface area contributed by atoms with Crippen LogP contribution >= 0.6 is 0 Å². The molecule has 0 aromatic rings. The second-order valence-electron chi connectivity index (χ2n) is 0.400. The van der Waals surface area contributed by atoms with Crippen LogP contribution in [-0.2, 0) is 20.4 Å². The van der Waals surface area contributed by atoms with Crippen molar-refractivity contribution in [2.24, 2.45) is 0 Å². The molecule has 13 heteroatoms. The molecule has 0 fully saturated rings. The molecular weight excluding hydrogens is 290 g/mol. The number of nitrogens with one attached hydrogen (secondary N) is 4. The van der Waals surface area contributed by atoms with Crippen LogP contribution in [0.15, 0.2) is 0 Å². The number of hydrogen-bond acceptors (Lipinski definition) is 12. The van der Waals surface area contributed by atoms with Crippen LogP contribution in [0.5, 0.6) is 0 Å². The normalized spacial score (nSPS) is 5.54. The van der Waals surface area contributed by atoms with Gasteiger partial charge < -0.3 is 0 Å². The topological polar surface area (TPSA) is 210 Å². The van der Waals surface area contributed by atoms with E-state index in [0.29, 0.717) is 0 Å². The van der Waals surface area contributed by atoms with E-state index in [4.69, 9.17) is 41.7 Å². The van der Waals surface area contributed by atoms with E-state index in [-0.39, 0.29) is 20.4 Å². The van der Waals surface area contributed by atoms with Gasteiger partial charge in [-0.3, -0.25) is 41.7 Å². The third kappa shape index (κ3) is 38000. The zero-order chi connectivity index (χ0) is 10.8. The average Bonchev–Trinajstić information content (AvgIpc) is 1.92. The molecule has 12 nitrogen and oxygen atoms in total. The molecule has 0 unspecified atom stereocenters. The molecule has 0 saturated heterocycles. The van der Waals surface area contributed by atoms with E-state index in [1.54, 1.807) is 0 Å². The summed E-state index contributed by atoms with van der Waals surface area (Å²) in [4.78, 5) is 0. The first-order valence-electron chi connectivity index (χ1n) is 1.79. The van der Waals surface area contributed by atoms with Gasteiger partial charge in [0.15, 0.2) is 0 Å². The molecule has 0 amide bonds. The van der Waals surface area contributed by atoms with Gasteiger partial charge in [-0.25, -0.2) is 0 Å². The van der Waals surface area contributed by atoms with Crippen molar-refractivity contribution in [1.29, 1.82) is 0 Å². The predicted molar refractivity (Wildman–Crippen MR) is 26.8 cm³/mol. The van der Waals surface area contributed by atoms with Gasteiger partial charge in [0.25, 0.3) is 0 Å². The Morgan fingerprint density at radius 1 is 0.385 bits per heavy atom. The summed E-state index contributed by atoms with van der Waals surface area (Å²) in [7, 11) is 0. The van der Waals surface area contributed by atoms with Gasteiger partial charge in [0.2, 0.25) is 0 Å². The molecule has 0 aliphatic rings. The van der Waals surface area contributed by atoms with Crippen molar-refractivity contribution < 1.29 is 62.1 Å². The summed E-state index contributed by atoms with van der Waals surface area (Å²) in [6.45, 7) is 0. The largest absolute Gasteiger partial charge is 0.292 e. The minimum Gasteiger partial charge on any atom is -0.292 e. The first-order chi connectivity index (χ1) is 5.66. The van der Waals surface area contributed by atoms with Gasteiger partial charge in [-0.05, 0) is 0 Å². The van der Waals surface area contributed by atoms with Crippen molar-refractivity contribution in [3.63, 3.8) is 0 Å². The quantitative estimate of drug-likeness (QED) is 0.164. The Bertz CT molecular complexity index is 24.1. The van der Waals surface area contributed by atoms with Gasteiger partial charge >= 0.3 is 0 Å². The van der Waals surface area contributed by atoms with Crippen LogP contribution in [0, 0.1) is 0 Å². The molecule has 12 N–H and O–H groups in total. The maximum Gasteiger partial charge on any atom is 0 e. The van der Waals surface area contributed by atoms with Gasteiger partial charge in [-0.2, -0.15) is 0 Å². The smallest absolute Gasteiger partial charge is 0 e. The monoisotopic (exact) mass is 302 g/mol. The summed E-state index contributed by atoms with van der Waals surface area (Å²) in [5.41, 5.74) is 3.00. The maximum atomic E-state index is 6.88. The van der Waals surface area contributed by atoms with Crippen LogP contribution in [0.25, 0.3) is 0 Å². The standard InChI is InChI=1S/4H3NO2.Pd/c4*2-1-3;/h4*1-3H;. The van der Waals surface area contributed by atoms with Crippen LogP contribution in [0.3, 0.4) is 0 Å². The Balaban J connectivity index is -0.0000000213. The molecule has 0 heterocycles. The average molecular weight is 303 g/mol. The van der Waals surface area contributed by atoms with Crippen molar-refractivity contribution in [3.05, 3.63) is 0 Å². The van der Waals surface area contributed by atoms with E-state index in [9.17, 15) is 0 Å². The zero-order valence-electron chi connectivity index (χ0n) is 5.89. The molecule has 0 radical (unpaired) electrons. The van der Waals surface area contributed by atoms with Gasteiger partial charge in [0, 0.05) is 20.4 Å². The summed E-state index contributed by atoms with van der Waals surface area (Å²) in [6, 6.07) is 0. The number of hydrogen-bond donors (Lipinski definition) is 12. The molecule has 0 spiro atoms. The van der Waals surface area contributed by atoms with Gasteiger partial charge in [0.1, 0.15) is 0 Å². The van der Waals surface area contributed by atoms with Gasteiger partial charge in [-0.15, -0.1) is 0 Å². The molecule has 0 bridgehead atoms. The first kappa shape index (κ1) is 29.2. The van der Waals surface area contributed by atoms with Crippen LogP contribution in [0.4, 0.5) is 0 Å². The minimum atomic E-state index is 0. The van der Waals surface area contributed by atoms with Crippen LogP contribution in [-0.4, -0.2) is 41.7 Å². The fourth-order valence-electron chi connectivity index (χ4n) is 0. The van der Waals surface area contributed by atoms with E-state index in [1.165, 1.54) is 0 Å². The van der Waals surface area contributed by atoms with Crippen molar-refractivity contribution in [2.75, 3.05) is 0 Å². The van der Waals surface area contributed by atoms with Crippen molar-refractivity contribution >= 4 is 0 Å². The predicted octanol–water partition coefficient (Wildman–Crippen LogP) is -2.58. The molecule has 13 heavy (non-hydrogen) atoms. The molecule has 0 rings (SSSR count).